The van der Waals surface area contributed by atoms with Crippen molar-refractivity contribution in [2.24, 2.45) is 0 Å². The Bertz CT molecular complexity index is 1220. The van der Waals surface area contributed by atoms with Gasteiger partial charge in [0.2, 0.25) is 0 Å². The highest BCUT2D eigenvalue weighted by molar-refractivity contribution is 7.92. The van der Waals surface area contributed by atoms with Crippen LogP contribution in [0.15, 0.2) is 53.4 Å². The van der Waals surface area contributed by atoms with E-state index in [-0.39, 0.29) is 22.0 Å². The van der Waals surface area contributed by atoms with Crippen LogP contribution in [0.2, 0.25) is 0 Å². The van der Waals surface area contributed by atoms with Crippen molar-refractivity contribution in [1.82, 2.24) is 5.32 Å². The van der Waals surface area contributed by atoms with E-state index in [1.165, 1.54) is 24.3 Å². The van der Waals surface area contributed by atoms with Gasteiger partial charge in [0.1, 0.15) is 0 Å². The van der Waals surface area contributed by atoms with E-state index in [9.17, 15) is 26.4 Å². The maximum absolute atomic E-state index is 12.5. The van der Waals surface area contributed by atoms with Crippen LogP contribution in [0.5, 0.6) is 0 Å². The van der Waals surface area contributed by atoms with Gasteiger partial charge in [-0.2, -0.15) is 0 Å². The average molecular weight is 481 g/mol. The Morgan fingerprint density at radius 1 is 1.06 bits per heavy atom. The molecule has 1 unspecified atom stereocenters. The highest BCUT2D eigenvalue weighted by Gasteiger charge is 2.39. The van der Waals surface area contributed by atoms with E-state index >= 15 is 0 Å². The minimum atomic E-state index is -3.84. The molecule has 2 aromatic carbocycles. The van der Waals surface area contributed by atoms with E-state index in [2.05, 4.69) is 10.0 Å². The summed E-state index contributed by atoms with van der Waals surface area (Å²) in [6.07, 6.45) is 0.293. The summed E-state index contributed by atoms with van der Waals surface area (Å²) >= 11 is 0. The maximum atomic E-state index is 12.5. The Hall–Kier alpha value is -2.92. The molecule has 2 aromatic rings. The van der Waals surface area contributed by atoms with Crippen LogP contribution in [-0.2, 0) is 29.4 Å². The quantitative estimate of drug-likeness (QED) is 0.575. The van der Waals surface area contributed by atoms with Crippen molar-refractivity contribution in [3.8, 4) is 0 Å². The fraction of sp³-hybridized carbons (Fsp3) is 0.333. The summed E-state index contributed by atoms with van der Waals surface area (Å²) in [7, 11) is -7.03. The number of hydrogen-bond donors (Lipinski definition) is 2. The minimum absolute atomic E-state index is 0.00239. The number of carbonyl (C=O) groups is 2. The summed E-state index contributed by atoms with van der Waals surface area (Å²) in [5.74, 6) is -1.58. The van der Waals surface area contributed by atoms with E-state index < -0.39 is 43.9 Å². The standard InChI is InChI=1S/C21H24N2O7S2/c1-15-3-7-17(8-4-15)23-32(28,29)18-9-5-16(6-10-18)20(25)30-13-19(24)22-21(2)11-12-31(26,27)14-21/h3-10,23H,11-14H2,1-2H3,(H,22,24). The number of esters is 1. The van der Waals surface area contributed by atoms with Gasteiger partial charge in [0.05, 0.1) is 27.5 Å². The highest BCUT2D eigenvalue weighted by Crippen LogP contribution is 2.22. The molecule has 1 atom stereocenters. The fourth-order valence-corrected chi connectivity index (χ4v) is 6.45. The molecule has 0 spiro atoms. The second-order valence-electron chi connectivity index (χ2n) is 8.02. The van der Waals surface area contributed by atoms with Crippen molar-refractivity contribution >= 4 is 37.4 Å². The zero-order valence-electron chi connectivity index (χ0n) is 17.6. The smallest absolute Gasteiger partial charge is 0.338 e. The number of nitrogens with one attached hydrogen (secondary N) is 2. The molecule has 32 heavy (non-hydrogen) atoms. The van der Waals surface area contributed by atoms with Gasteiger partial charge in [0, 0.05) is 5.69 Å². The zero-order chi connectivity index (χ0) is 23.6. The second-order valence-corrected chi connectivity index (χ2v) is 11.9. The minimum Gasteiger partial charge on any atom is -0.452 e. The molecular weight excluding hydrogens is 456 g/mol. The third kappa shape index (κ3) is 6.07. The van der Waals surface area contributed by atoms with Crippen LogP contribution in [0.25, 0.3) is 0 Å². The van der Waals surface area contributed by atoms with Crippen LogP contribution in [0.1, 0.15) is 29.3 Å². The lowest BCUT2D eigenvalue weighted by Gasteiger charge is -2.23. The largest absolute Gasteiger partial charge is 0.452 e. The van der Waals surface area contributed by atoms with Gasteiger partial charge in [-0.15, -0.1) is 0 Å². The molecule has 1 aliphatic rings. The number of anilines is 1. The second kappa shape index (κ2) is 8.91. The number of benzene rings is 2. The van der Waals surface area contributed by atoms with Crippen molar-refractivity contribution in [1.29, 1.82) is 0 Å². The molecule has 172 valence electrons. The number of ether oxygens (including phenoxy) is 1. The summed E-state index contributed by atoms with van der Waals surface area (Å²) in [6.45, 7) is 2.93. The van der Waals surface area contributed by atoms with Crippen LogP contribution in [0.3, 0.4) is 0 Å². The van der Waals surface area contributed by atoms with Gasteiger partial charge in [0.25, 0.3) is 15.9 Å². The molecule has 0 aliphatic carbocycles. The normalized spacial score (nSPS) is 19.8. The number of carbonyl (C=O) groups excluding carboxylic acids is 2. The average Bonchev–Trinajstić information content (AvgIpc) is 3.00. The number of hydrogen-bond acceptors (Lipinski definition) is 7. The monoisotopic (exact) mass is 480 g/mol. The van der Waals surface area contributed by atoms with E-state index in [1.807, 2.05) is 6.92 Å². The van der Waals surface area contributed by atoms with Crippen LogP contribution in [0, 0.1) is 6.92 Å². The molecule has 0 aromatic heterocycles. The molecular formula is C21H24N2O7S2. The molecule has 1 amide bonds. The Labute approximate surface area is 187 Å². The van der Waals surface area contributed by atoms with Gasteiger partial charge in [-0.25, -0.2) is 21.6 Å². The van der Waals surface area contributed by atoms with Crippen LogP contribution in [0.4, 0.5) is 5.69 Å². The van der Waals surface area contributed by atoms with E-state index in [0.717, 1.165) is 5.56 Å². The van der Waals surface area contributed by atoms with Gasteiger partial charge in [-0.05, 0) is 56.7 Å². The van der Waals surface area contributed by atoms with Crippen LogP contribution < -0.4 is 10.0 Å². The molecule has 1 saturated heterocycles. The first-order valence-electron chi connectivity index (χ1n) is 9.76. The molecule has 9 nitrogen and oxygen atoms in total. The van der Waals surface area contributed by atoms with Crippen LogP contribution in [-0.4, -0.2) is 52.4 Å². The Kier molecular flexibility index (Phi) is 6.61. The topological polar surface area (TPSA) is 136 Å². The van der Waals surface area contributed by atoms with Gasteiger partial charge >= 0.3 is 5.97 Å². The molecule has 0 bridgehead atoms. The molecule has 2 N–H and O–H groups in total. The number of amides is 1. The molecule has 1 aliphatic heterocycles. The molecule has 11 heteroatoms. The first-order valence-corrected chi connectivity index (χ1v) is 13.1. The first-order chi connectivity index (χ1) is 14.9. The van der Waals surface area contributed by atoms with E-state index in [1.54, 1.807) is 31.2 Å². The van der Waals surface area contributed by atoms with Crippen molar-refractivity contribution in [2.45, 2.75) is 30.7 Å². The Morgan fingerprint density at radius 2 is 1.69 bits per heavy atom. The Balaban J connectivity index is 1.56. The number of sulfone groups is 1. The molecule has 3 rings (SSSR count). The summed E-state index contributed by atoms with van der Waals surface area (Å²) in [6, 6.07) is 11.9. The molecule has 0 radical (unpaired) electrons. The number of sulfonamides is 1. The number of aryl methyl sites for hydroxylation is 1. The predicted octanol–water partition coefficient (Wildman–Crippen LogP) is 1.65. The van der Waals surface area contributed by atoms with E-state index in [0.29, 0.717) is 12.1 Å². The lowest BCUT2D eigenvalue weighted by Crippen LogP contribution is -2.48. The molecule has 1 fully saturated rings. The summed E-state index contributed by atoms with van der Waals surface area (Å²) in [5, 5.41) is 2.59. The van der Waals surface area contributed by atoms with Crippen molar-refractivity contribution in [3.63, 3.8) is 0 Å². The molecule has 0 saturated carbocycles. The van der Waals surface area contributed by atoms with Crippen molar-refractivity contribution in [3.05, 3.63) is 59.7 Å². The van der Waals surface area contributed by atoms with E-state index in [4.69, 9.17) is 4.74 Å². The molecule has 1 heterocycles. The van der Waals surface area contributed by atoms with Gasteiger partial charge in [-0.3, -0.25) is 9.52 Å². The third-order valence-corrected chi connectivity index (χ3v) is 8.28. The lowest BCUT2D eigenvalue weighted by atomic mass is 10.0. The summed E-state index contributed by atoms with van der Waals surface area (Å²) in [5.41, 5.74) is 0.588. The van der Waals surface area contributed by atoms with Gasteiger partial charge in [0.15, 0.2) is 16.4 Å². The van der Waals surface area contributed by atoms with Crippen molar-refractivity contribution < 1.29 is 31.2 Å². The summed E-state index contributed by atoms with van der Waals surface area (Å²) in [4.78, 5) is 24.2. The van der Waals surface area contributed by atoms with Crippen LogP contribution >= 0.6 is 0 Å². The highest BCUT2D eigenvalue weighted by atomic mass is 32.2. The lowest BCUT2D eigenvalue weighted by molar-refractivity contribution is -0.125. The zero-order valence-corrected chi connectivity index (χ0v) is 19.3. The number of rotatable bonds is 7. The maximum Gasteiger partial charge on any atom is 0.338 e. The first kappa shape index (κ1) is 23.7. The van der Waals surface area contributed by atoms with Gasteiger partial charge < -0.3 is 10.1 Å². The van der Waals surface area contributed by atoms with Crippen molar-refractivity contribution in [2.75, 3.05) is 22.8 Å². The predicted molar refractivity (Wildman–Crippen MR) is 119 cm³/mol. The van der Waals surface area contributed by atoms with Gasteiger partial charge in [-0.1, -0.05) is 17.7 Å². The fourth-order valence-electron chi connectivity index (χ4n) is 3.30. The Morgan fingerprint density at radius 3 is 2.25 bits per heavy atom. The third-order valence-electron chi connectivity index (χ3n) is 4.98. The summed E-state index contributed by atoms with van der Waals surface area (Å²) < 4.78 is 55.6. The SMILES string of the molecule is Cc1ccc(NS(=O)(=O)c2ccc(C(=O)OCC(=O)NC3(C)CCS(=O)(=O)C3)cc2)cc1.